The quantitative estimate of drug-likeness (QED) is 0.644. The van der Waals surface area contributed by atoms with E-state index >= 15 is 0 Å². The largest absolute Gasteiger partial charge is 0.469 e. The van der Waals surface area contributed by atoms with Crippen molar-refractivity contribution in [1.82, 2.24) is 0 Å². The summed E-state index contributed by atoms with van der Waals surface area (Å²) in [5.74, 6) is -0.770. The first-order valence-corrected chi connectivity index (χ1v) is 4.23. The lowest BCUT2D eigenvalue weighted by Gasteiger charge is -2.30. The minimum atomic E-state index is -0.601. The molecule has 0 aromatic heterocycles. The fourth-order valence-corrected chi connectivity index (χ4v) is 1.16. The van der Waals surface area contributed by atoms with E-state index in [0.29, 0.717) is 6.42 Å². The Balaban J connectivity index is 4.49. The van der Waals surface area contributed by atoms with Gasteiger partial charge in [-0.05, 0) is 20.3 Å². The Morgan fingerprint density at radius 2 is 2.00 bits per heavy atom. The Bertz CT molecular complexity index is 165. The predicted octanol–water partition coefficient (Wildman–Crippen LogP) is 0.583. The zero-order valence-corrected chi connectivity index (χ0v) is 8.66. The van der Waals surface area contributed by atoms with Gasteiger partial charge < -0.3 is 14.6 Å². The molecule has 0 heterocycles. The first-order valence-electron chi connectivity index (χ1n) is 4.23. The Labute approximate surface area is 78.8 Å². The van der Waals surface area contributed by atoms with Crippen LogP contribution in [-0.2, 0) is 14.3 Å². The molecule has 0 aromatic carbocycles. The molecule has 0 aliphatic rings. The summed E-state index contributed by atoms with van der Waals surface area (Å²) in [5.41, 5.74) is -0.601. The summed E-state index contributed by atoms with van der Waals surface area (Å²) < 4.78 is 9.79. The second kappa shape index (κ2) is 5.19. The van der Waals surface area contributed by atoms with E-state index in [0.717, 1.165) is 0 Å². The number of ether oxygens (including phenoxy) is 2. The van der Waals surface area contributed by atoms with Crippen LogP contribution in [0.1, 0.15) is 20.3 Å². The maximum Gasteiger partial charge on any atom is 0.311 e. The Morgan fingerprint density at radius 1 is 1.46 bits per heavy atom. The molecular formula is C9H18O4. The van der Waals surface area contributed by atoms with E-state index in [1.165, 1.54) is 14.2 Å². The topological polar surface area (TPSA) is 55.8 Å². The van der Waals surface area contributed by atoms with Crippen molar-refractivity contribution in [2.75, 3.05) is 20.8 Å². The van der Waals surface area contributed by atoms with Crippen molar-refractivity contribution in [2.45, 2.75) is 25.9 Å². The van der Waals surface area contributed by atoms with Gasteiger partial charge >= 0.3 is 5.97 Å². The van der Waals surface area contributed by atoms with Gasteiger partial charge in [0.1, 0.15) is 0 Å². The summed E-state index contributed by atoms with van der Waals surface area (Å²) in [6.07, 6.45) is 0.355. The lowest BCUT2D eigenvalue weighted by molar-refractivity contribution is -0.157. The molecule has 0 saturated carbocycles. The van der Waals surface area contributed by atoms with Crippen LogP contribution in [0.2, 0.25) is 0 Å². The van der Waals surface area contributed by atoms with Crippen molar-refractivity contribution >= 4 is 5.97 Å². The molecule has 0 aliphatic carbocycles. The molecule has 0 fully saturated rings. The van der Waals surface area contributed by atoms with Gasteiger partial charge in [-0.25, -0.2) is 0 Å². The lowest BCUT2D eigenvalue weighted by atomic mass is 9.88. The van der Waals surface area contributed by atoms with E-state index in [-0.39, 0.29) is 12.6 Å². The summed E-state index contributed by atoms with van der Waals surface area (Å²) in [6.45, 7) is 3.54. The third-order valence-electron chi connectivity index (χ3n) is 2.27. The molecule has 4 heteroatoms. The normalized spacial score (nSPS) is 13.9. The molecule has 0 aliphatic heterocycles. The van der Waals surface area contributed by atoms with E-state index in [9.17, 15) is 4.79 Å². The number of methoxy groups -OCH3 is 2. The third kappa shape index (κ3) is 3.32. The average Bonchev–Trinajstić information content (AvgIpc) is 2.12. The van der Waals surface area contributed by atoms with E-state index in [2.05, 4.69) is 4.74 Å². The van der Waals surface area contributed by atoms with E-state index in [1.807, 2.05) is 0 Å². The number of carbonyl (C=O) groups excluding carboxylic acids is 1. The van der Waals surface area contributed by atoms with Crippen molar-refractivity contribution in [3.05, 3.63) is 0 Å². The van der Waals surface area contributed by atoms with Crippen LogP contribution in [0.5, 0.6) is 0 Å². The fourth-order valence-electron chi connectivity index (χ4n) is 1.16. The molecule has 1 N–H and O–H groups in total. The highest BCUT2D eigenvalue weighted by atomic mass is 16.5. The molecule has 0 spiro atoms. The van der Waals surface area contributed by atoms with Crippen LogP contribution in [0.3, 0.4) is 0 Å². The summed E-state index contributed by atoms with van der Waals surface area (Å²) in [6, 6.07) is 0. The predicted molar refractivity (Wildman–Crippen MR) is 48.3 cm³/mol. The molecule has 0 aromatic rings. The Morgan fingerprint density at radius 3 is 2.31 bits per heavy atom. The second-order valence-corrected chi connectivity index (χ2v) is 3.40. The number of rotatable bonds is 5. The SMILES string of the molecule is COC(=O)C(CCO)C(C)(C)OC. The van der Waals surface area contributed by atoms with Crippen LogP contribution in [0, 0.1) is 5.92 Å². The van der Waals surface area contributed by atoms with Gasteiger partial charge in [-0.15, -0.1) is 0 Å². The molecule has 0 amide bonds. The third-order valence-corrected chi connectivity index (χ3v) is 2.27. The average molecular weight is 190 g/mol. The number of carbonyl (C=O) groups is 1. The monoisotopic (exact) mass is 190 g/mol. The minimum absolute atomic E-state index is 0.0491. The molecule has 4 nitrogen and oxygen atoms in total. The smallest absolute Gasteiger partial charge is 0.311 e. The fraction of sp³-hybridized carbons (Fsp3) is 0.889. The molecule has 0 rings (SSSR count). The molecule has 0 radical (unpaired) electrons. The Kier molecular flexibility index (Phi) is 4.95. The number of aliphatic hydroxyl groups excluding tert-OH is 1. The van der Waals surface area contributed by atoms with Gasteiger partial charge in [0.05, 0.1) is 18.6 Å². The highest BCUT2D eigenvalue weighted by molar-refractivity contribution is 5.73. The Hall–Kier alpha value is -0.610. The van der Waals surface area contributed by atoms with Gasteiger partial charge in [0, 0.05) is 13.7 Å². The first-order chi connectivity index (χ1) is 5.99. The first kappa shape index (κ1) is 12.4. The zero-order valence-electron chi connectivity index (χ0n) is 8.66. The summed E-state index contributed by atoms with van der Waals surface area (Å²) in [7, 11) is 2.87. The number of esters is 1. The van der Waals surface area contributed by atoms with Crippen LogP contribution < -0.4 is 0 Å². The van der Waals surface area contributed by atoms with Crippen molar-refractivity contribution in [1.29, 1.82) is 0 Å². The second-order valence-electron chi connectivity index (χ2n) is 3.40. The maximum atomic E-state index is 11.3. The molecule has 0 saturated heterocycles. The van der Waals surface area contributed by atoms with Crippen LogP contribution in [0.25, 0.3) is 0 Å². The van der Waals surface area contributed by atoms with Gasteiger partial charge in [0.25, 0.3) is 0 Å². The number of hydrogen-bond acceptors (Lipinski definition) is 4. The summed E-state index contributed by atoms with van der Waals surface area (Å²) in [5, 5.41) is 8.78. The number of aliphatic hydroxyl groups is 1. The van der Waals surface area contributed by atoms with Gasteiger partial charge in [-0.3, -0.25) is 4.79 Å². The molecule has 13 heavy (non-hydrogen) atoms. The van der Waals surface area contributed by atoms with E-state index in [1.54, 1.807) is 13.8 Å². The standard InChI is InChI=1S/C9H18O4/c1-9(2,13-4)7(5-6-10)8(11)12-3/h7,10H,5-6H2,1-4H3. The number of hydrogen-bond donors (Lipinski definition) is 1. The summed E-state index contributed by atoms with van der Waals surface area (Å²) >= 11 is 0. The molecule has 1 atom stereocenters. The molecule has 0 bridgehead atoms. The van der Waals surface area contributed by atoms with Crippen molar-refractivity contribution < 1.29 is 19.4 Å². The highest BCUT2D eigenvalue weighted by Crippen LogP contribution is 2.24. The van der Waals surface area contributed by atoms with E-state index in [4.69, 9.17) is 9.84 Å². The van der Waals surface area contributed by atoms with Gasteiger partial charge in [-0.2, -0.15) is 0 Å². The van der Waals surface area contributed by atoms with Gasteiger partial charge in [0.15, 0.2) is 0 Å². The van der Waals surface area contributed by atoms with Gasteiger partial charge in [-0.1, -0.05) is 0 Å². The molecular weight excluding hydrogens is 172 g/mol. The van der Waals surface area contributed by atoms with Crippen LogP contribution >= 0.6 is 0 Å². The van der Waals surface area contributed by atoms with Crippen LogP contribution in [-0.4, -0.2) is 37.5 Å². The minimum Gasteiger partial charge on any atom is -0.469 e. The maximum absolute atomic E-state index is 11.3. The van der Waals surface area contributed by atoms with Crippen LogP contribution in [0.4, 0.5) is 0 Å². The molecule has 78 valence electrons. The van der Waals surface area contributed by atoms with Gasteiger partial charge in [0.2, 0.25) is 0 Å². The van der Waals surface area contributed by atoms with Crippen molar-refractivity contribution in [3.8, 4) is 0 Å². The van der Waals surface area contributed by atoms with Crippen molar-refractivity contribution in [3.63, 3.8) is 0 Å². The summed E-state index contributed by atoms with van der Waals surface area (Å²) in [4.78, 5) is 11.3. The van der Waals surface area contributed by atoms with Crippen molar-refractivity contribution in [2.24, 2.45) is 5.92 Å². The molecule has 1 unspecified atom stereocenters. The van der Waals surface area contributed by atoms with E-state index < -0.39 is 11.5 Å². The zero-order chi connectivity index (χ0) is 10.5. The lowest BCUT2D eigenvalue weighted by Crippen LogP contribution is -2.39. The highest BCUT2D eigenvalue weighted by Gasteiger charge is 2.35. The van der Waals surface area contributed by atoms with Crippen LogP contribution in [0.15, 0.2) is 0 Å².